The highest BCUT2D eigenvalue weighted by molar-refractivity contribution is 8.18. The van der Waals surface area contributed by atoms with E-state index in [4.69, 9.17) is 28.2 Å². The zero-order valence-corrected chi connectivity index (χ0v) is 24.9. The Bertz CT molecular complexity index is 1640. The average molecular weight is 589 g/mol. The predicted octanol–water partition coefficient (Wildman–Crippen LogP) is 9.49. The molecular formula is C33H31Cl2N3OS. The van der Waals surface area contributed by atoms with Crippen molar-refractivity contribution in [3.8, 4) is 0 Å². The van der Waals surface area contributed by atoms with Crippen LogP contribution in [-0.4, -0.2) is 26.6 Å². The smallest absolute Gasteiger partial charge is 0.267 e. The van der Waals surface area contributed by atoms with Crippen molar-refractivity contribution in [2.45, 2.75) is 52.1 Å². The second-order valence-corrected chi connectivity index (χ2v) is 12.5. The molecular weight excluding hydrogens is 557 g/mol. The van der Waals surface area contributed by atoms with E-state index in [0.717, 1.165) is 57.8 Å². The summed E-state index contributed by atoms with van der Waals surface area (Å²) in [7, 11) is 0. The van der Waals surface area contributed by atoms with Crippen molar-refractivity contribution in [1.82, 2.24) is 9.47 Å². The van der Waals surface area contributed by atoms with E-state index >= 15 is 0 Å². The standard InChI is InChI=1S/C33H31Cl2N3OS/c1-21-10-6-8-14-29(21)38-32(39)31(40-33(38)36-24-11-4-3-5-12-24)19-26-22(2)37(30-15-9-7-13-25(26)30)20-23-16-17-27(34)28(35)18-23/h3-5,7,9,11-13,15-19,21,29H,6,8,10,14,20H2,1-2H3/b31-19-,36-33?/t21-,29+/m1/s1. The Morgan fingerprint density at radius 3 is 2.50 bits per heavy atom. The first-order valence-corrected chi connectivity index (χ1v) is 15.4. The molecule has 0 radical (unpaired) electrons. The Morgan fingerprint density at radius 1 is 0.975 bits per heavy atom. The number of thioether (sulfide) groups is 1. The Morgan fingerprint density at radius 2 is 1.73 bits per heavy atom. The number of halogens is 2. The molecule has 2 fully saturated rings. The topological polar surface area (TPSA) is 37.6 Å². The predicted molar refractivity (Wildman–Crippen MR) is 170 cm³/mol. The number of aromatic nitrogens is 1. The van der Waals surface area contributed by atoms with Crippen LogP contribution >= 0.6 is 35.0 Å². The van der Waals surface area contributed by atoms with Gasteiger partial charge in [0.15, 0.2) is 5.17 Å². The second kappa shape index (κ2) is 11.5. The van der Waals surface area contributed by atoms with Crippen molar-refractivity contribution in [2.24, 2.45) is 10.9 Å². The summed E-state index contributed by atoms with van der Waals surface area (Å²) < 4.78 is 2.28. The highest BCUT2D eigenvalue weighted by Gasteiger charge is 2.41. The molecule has 1 amide bonds. The molecule has 1 aromatic heterocycles. The number of amides is 1. The van der Waals surface area contributed by atoms with Gasteiger partial charge in [0.1, 0.15) is 0 Å². The average Bonchev–Trinajstić information content (AvgIpc) is 3.40. The van der Waals surface area contributed by atoms with Crippen LogP contribution in [0.1, 0.15) is 49.4 Å². The van der Waals surface area contributed by atoms with Crippen molar-refractivity contribution >= 4 is 68.7 Å². The minimum Gasteiger partial charge on any atom is -0.340 e. The van der Waals surface area contributed by atoms with Gasteiger partial charge < -0.3 is 4.57 Å². The summed E-state index contributed by atoms with van der Waals surface area (Å²) in [6, 6.07) is 24.2. The van der Waals surface area contributed by atoms with Crippen LogP contribution in [0.3, 0.4) is 0 Å². The molecule has 4 nitrogen and oxygen atoms in total. The van der Waals surface area contributed by atoms with E-state index in [2.05, 4.69) is 48.8 Å². The minimum absolute atomic E-state index is 0.0548. The van der Waals surface area contributed by atoms with E-state index in [1.807, 2.05) is 53.4 Å². The summed E-state index contributed by atoms with van der Waals surface area (Å²) in [4.78, 5) is 21.8. The molecule has 6 rings (SSSR count). The van der Waals surface area contributed by atoms with Crippen LogP contribution in [0.2, 0.25) is 10.0 Å². The number of nitrogens with zero attached hydrogens (tertiary/aromatic N) is 3. The molecule has 0 N–H and O–H groups in total. The highest BCUT2D eigenvalue weighted by atomic mass is 35.5. The fraction of sp³-hybridized carbons (Fsp3) is 0.273. The van der Waals surface area contributed by atoms with Crippen molar-refractivity contribution < 1.29 is 4.79 Å². The summed E-state index contributed by atoms with van der Waals surface area (Å²) in [5.74, 6) is 0.493. The van der Waals surface area contributed by atoms with Crippen LogP contribution in [0.5, 0.6) is 0 Å². The van der Waals surface area contributed by atoms with Gasteiger partial charge in [-0.3, -0.25) is 9.69 Å². The SMILES string of the molecule is Cc1c(/C=C2\SC(=Nc3ccccc3)N([C@H]3CCCC[C@H]3C)C2=O)c2ccccc2n1Cc1ccc(Cl)c(Cl)c1. The van der Waals surface area contributed by atoms with Gasteiger partial charge in [-0.05, 0) is 79.4 Å². The van der Waals surface area contributed by atoms with Crippen LogP contribution < -0.4 is 0 Å². The molecule has 204 valence electrons. The third-order valence-electron chi connectivity index (χ3n) is 8.10. The largest absolute Gasteiger partial charge is 0.340 e. The fourth-order valence-corrected chi connectivity index (χ4v) is 7.29. The molecule has 4 aromatic rings. The van der Waals surface area contributed by atoms with Crippen LogP contribution in [0.25, 0.3) is 17.0 Å². The van der Waals surface area contributed by atoms with Crippen LogP contribution in [0.15, 0.2) is 82.7 Å². The molecule has 1 saturated heterocycles. The van der Waals surface area contributed by atoms with Gasteiger partial charge in [-0.25, -0.2) is 4.99 Å². The zero-order chi connectivity index (χ0) is 27.8. The molecule has 2 aliphatic rings. The number of hydrogen-bond donors (Lipinski definition) is 0. The Balaban J connectivity index is 1.43. The van der Waals surface area contributed by atoms with Crippen molar-refractivity contribution in [1.29, 1.82) is 0 Å². The minimum atomic E-state index is 0.0548. The number of rotatable bonds is 5. The molecule has 40 heavy (non-hydrogen) atoms. The number of hydrogen-bond acceptors (Lipinski definition) is 3. The summed E-state index contributed by atoms with van der Waals surface area (Å²) >= 11 is 14.0. The lowest BCUT2D eigenvalue weighted by Gasteiger charge is -2.35. The van der Waals surface area contributed by atoms with Crippen molar-refractivity contribution in [3.63, 3.8) is 0 Å². The lowest BCUT2D eigenvalue weighted by Crippen LogP contribution is -2.44. The van der Waals surface area contributed by atoms with Gasteiger partial charge in [0.05, 0.1) is 20.6 Å². The number of benzene rings is 3. The lowest BCUT2D eigenvalue weighted by molar-refractivity contribution is -0.124. The summed E-state index contributed by atoms with van der Waals surface area (Å²) in [6.45, 7) is 5.04. The molecule has 1 saturated carbocycles. The highest BCUT2D eigenvalue weighted by Crippen LogP contribution is 2.41. The summed E-state index contributed by atoms with van der Waals surface area (Å²) in [5, 5.41) is 2.99. The molecule has 0 spiro atoms. The first kappa shape index (κ1) is 27.2. The summed E-state index contributed by atoms with van der Waals surface area (Å²) in [6.07, 6.45) is 6.58. The first-order valence-electron chi connectivity index (χ1n) is 13.8. The van der Waals surface area contributed by atoms with E-state index in [1.54, 1.807) is 0 Å². The van der Waals surface area contributed by atoms with Crippen molar-refractivity contribution in [2.75, 3.05) is 0 Å². The number of aliphatic imine (C=N–C) groups is 1. The van der Waals surface area contributed by atoms with Gasteiger partial charge in [-0.2, -0.15) is 0 Å². The molecule has 2 heterocycles. The maximum absolute atomic E-state index is 14.1. The monoisotopic (exact) mass is 587 g/mol. The van der Waals surface area contributed by atoms with Gasteiger partial charge in [0.2, 0.25) is 0 Å². The van der Waals surface area contributed by atoms with Gasteiger partial charge in [0, 0.05) is 34.7 Å². The first-order chi connectivity index (χ1) is 19.4. The molecule has 7 heteroatoms. The number of amidine groups is 1. The van der Waals surface area contributed by atoms with E-state index in [0.29, 0.717) is 27.4 Å². The summed E-state index contributed by atoms with van der Waals surface area (Å²) in [5.41, 5.74) is 5.20. The fourth-order valence-electron chi connectivity index (χ4n) is 5.95. The number of para-hydroxylation sites is 2. The molecule has 2 atom stereocenters. The third kappa shape index (κ3) is 5.23. The van der Waals surface area contributed by atoms with Gasteiger partial charge in [0.25, 0.3) is 5.91 Å². The lowest BCUT2D eigenvalue weighted by atomic mass is 9.85. The van der Waals surface area contributed by atoms with Crippen molar-refractivity contribution in [3.05, 3.63) is 105 Å². The van der Waals surface area contributed by atoms with E-state index < -0.39 is 0 Å². The Labute approximate surface area is 249 Å². The molecule has 1 aliphatic carbocycles. The van der Waals surface area contributed by atoms with Gasteiger partial charge in [-0.1, -0.05) is 85.4 Å². The number of fused-ring (bicyclic) bond motifs is 1. The Kier molecular flexibility index (Phi) is 7.80. The maximum atomic E-state index is 14.1. The van der Waals surface area contributed by atoms with E-state index in [1.165, 1.54) is 18.2 Å². The Hall–Kier alpha value is -2.99. The van der Waals surface area contributed by atoms with E-state index in [9.17, 15) is 4.79 Å². The van der Waals surface area contributed by atoms with Gasteiger partial charge in [-0.15, -0.1) is 0 Å². The normalized spacial score (nSPS) is 21.7. The number of carbonyl (C=O) groups is 1. The molecule has 0 bridgehead atoms. The van der Waals surface area contributed by atoms with Crippen LogP contribution in [0, 0.1) is 12.8 Å². The second-order valence-electron chi connectivity index (χ2n) is 10.7. The van der Waals surface area contributed by atoms with Crippen LogP contribution in [0.4, 0.5) is 5.69 Å². The molecule has 0 unspecified atom stereocenters. The number of carbonyl (C=O) groups excluding carboxylic acids is 1. The molecule has 1 aliphatic heterocycles. The third-order valence-corrected chi connectivity index (χ3v) is 9.82. The van der Waals surface area contributed by atoms with E-state index in [-0.39, 0.29) is 11.9 Å². The van der Waals surface area contributed by atoms with Gasteiger partial charge >= 0.3 is 0 Å². The van der Waals surface area contributed by atoms with Crippen LogP contribution in [-0.2, 0) is 11.3 Å². The maximum Gasteiger partial charge on any atom is 0.267 e. The zero-order valence-electron chi connectivity index (χ0n) is 22.6. The molecule has 3 aromatic carbocycles. The quantitative estimate of drug-likeness (QED) is 0.218.